The van der Waals surface area contributed by atoms with Crippen LogP contribution in [0, 0.1) is 19.3 Å². The lowest BCUT2D eigenvalue weighted by Crippen LogP contribution is -2.42. The van der Waals surface area contributed by atoms with Gasteiger partial charge in [-0.2, -0.15) is 0 Å². The highest BCUT2D eigenvalue weighted by atomic mass is 16.1. The van der Waals surface area contributed by atoms with E-state index in [2.05, 4.69) is 178 Å². The van der Waals surface area contributed by atoms with Crippen molar-refractivity contribution in [3.63, 3.8) is 0 Å². The van der Waals surface area contributed by atoms with Crippen LogP contribution in [0.25, 0.3) is 0 Å². The van der Waals surface area contributed by atoms with Gasteiger partial charge in [0.05, 0.1) is 5.54 Å². The molecular weight excluding hydrogens is 643 g/mol. The minimum Gasteiger partial charge on any atom is -0.300 e. The van der Waals surface area contributed by atoms with Gasteiger partial charge in [-0.05, 0) is 93.0 Å². The summed E-state index contributed by atoms with van der Waals surface area (Å²) in [6, 6.07) is 24.9. The van der Waals surface area contributed by atoms with Gasteiger partial charge in [-0.15, -0.1) is 0 Å². The second kappa shape index (κ2) is 23.7. The lowest BCUT2D eigenvalue weighted by molar-refractivity contribution is -0.115. The van der Waals surface area contributed by atoms with Gasteiger partial charge >= 0.3 is 0 Å². The summed E-state index contributed by atoms with van der Waals surface area (Å²) in [5.74, 6) is 0.167. The average Bonchev–Trinajstić information content (AvgIpc) is 3.05. The van der Waals surface area contributed by atoms with Gasteiger partial charge in [0.2, 0.25) is 0 Å². The van der Waals surface area contributed by atoms with Crippen LogP contribution in [0.4, 0.5) is 0 Å². The van der Waals surface area contributed by atoms with Gasteiger partial charge in [-0.25, -0.2) is 0 Å². The molecule has 0 aliphatic carbocycles. The Morgan fingerprint density at radius 3 is 1.36 bits per heavy atom. The van der Waals surface area contributed by atoms with Gasteiger partial charge in [-0.1, -0.05) is 206 Å². The zero-order valence-electron chi connectivity index (χ0n) is 38.1. The Hall–Kier alpha value is -3.00. The van der Waals surface area contributed by atoms with Crippen molar-refractivity contribution >= 4 is 11.5 Å². The highest BCUT2D eigenvalue weighted by Crippen LogP contribution is 2.46. The quantitative estimate of drug-likeness (QED) is 0.135. The van der Waals surface area contributed by atoms with E-state index in [4.69, 9.17) is 4.99 Å². The summed E-state index contributed by atoms with van der Waals surface area (Å²) >= 11 is 0. The maximum Gasteiger partial charge on any atom is 0.126 e. The molecule has 0 saturated heterocycles. The first-order valence-corrected chi connectivity index (χ1v) is 20.8. The summed E-state index contributed by atoms with van der Waals surface area (Å²) in [6.45, 7) is 39.2. The molecule has 1 atom stereocenters. The third-order valence-corrected chi connectivity index (χ3v) is 10.1. The number of benzene rings is 3. The maximum absolute atomic E-state index is 9.44. The fourth-order valence-corrected chi connectivity index (χ4v) is 6.41. The van der Waals surface area contributed by atoms with Gasteiger partial charge < -0.3 is 4.79 Å². The molecule has 0 spiro atoms. The summed E-state index contributed by atoms with van der Waals surface area (Å²) in [7, 11) is 0. The van der Waals surface area contributed by atoms with Crippen molar-refractivity contribution in [1.82, 2.24) is 0 Å². The third-order valence-electron chi connectivity index (χ3n) is 10.1. The highest BCUT2D eigenvalue weighted by Gasteiger charge is 2.44. The molecule has 2 heteroatoms. The molecular formula is C51H83NO. The molecule has 0 radical (unpaired) electrons. The van der Waals surface area contributed by atoms with Crippen LogP contribution in [0.3, 0.4) is 0 Å². The smallest absolute Gasteiger partial charge is 0.126 e. The van der Waals surface area contributed by atoms with Crippen molar-refractivity contribution < 1.29 is 4.79 Å². The Balaban J connectivity index is 0.00000124. The maximum atomic E-state index is 9.44. The van der Waals surface area contributed by atoms with Crippen LogP contribution in [0.15, 0.2) is 71.7 Å². The predicted molar refractivity (Wildman–Crippen MR) is 239 cm³/mol. The first kappa shape index (κ1) is 50.0. The number of ketones is 1. The Bertz CT molecular complexity index is 1470. The summed E-state index contributed by atoms with van der Waals surface area (Å²) in [5, 5.41) is 0. The number of rotatable bonds is 12. The van der Waals surface area contributed by atoms with E-state index in [1.165, 1.54) is 97.7 Å². The number of carbonyl (C=O) groups excluding carboxylic acids is 1. The largest absolute Gasteiger partial charge is 0.300 e. The van der Waals surface area contributed by atoms with E-state index in [-0.39, 0.29) is 16.6 Å². The van der Waals surface area contributed by atoms with E-state index in [1.807, 2.05) is 0 Å². The van der Waals surface area contributed by atoms with E-state index < -0.39 is 5.54 Å². The standard InChI is InChI=1S/C34H45N.2C7H16.C3H6O/c1-11-12-27-23-30(32(5,6)7)21-22-31(27)26(4)35-34(10,29-19-15-25(3)16-20-29)33(8,9)28-17-13-24(2)14-18-28;1-5-6-7(2,3)4;1-3-5-7-6-4-2;1-3(2)4/h13-23H,11-12H2,1-10H3;5-6H2,1-4H3;3-7H2,1-2H3;1-2H3/t34-;;;/m0.../s1. The number of nitrogens with zero attached hydrogens (tertiary/aromatic N) is 1. The molecule has 0 unspecified atom stereocenters. The fourth-order valence-electron chi connectivity index (χ4n) is 6.41. The number of hydrogen-bond donors (Lipinski definition) is 0. The number of aryl methyl sites for hydroxylation is 3. The summed E-state index contributed by atoms with van der Waals surface area (Å²) in [6.07, 6.45) is 11.8. The predicted octanol–water partition coefficient (Wildman–Crippen LogP) is 15.7. The lowest BCUT2D eigenvalue weighted by atomic mass is 9.65. The summed E-state index contributed by atoms with van der Waals surface area (Å²) in [4.78, 5) is 15.0. The van der Waals surface area contributed by atoms with Crippen molar-refractivity contribution in [3.8, 4) is 0 Å². The SMILES string of the molecule is CC(C)=O.CCCC(C)(C)C.CCCCCCC.CCCc1cc(C(C)(C)C)ccc1C(C)=N[C@@](C)(c1ccc(C)cc1)C(C)(C)c1ccc(C)cc1. The van der Waals surface area contributed by atoms with Crippen LogP contribution >= 0.6 is 0 Å². The van der Waals surface area contributed by atoms with Gasteiger partial charge in [-0.3, -0.25) is 4.99 Å². The average molecular weight is 726 g/mol. The van der Waals surface area contributed by atoms with Crippen molar-refractivity contribution in [3.05, 3.63) is 106 Å². The van der Waals surface area contributed by atoms with E-state index in [1.54, 1.807) is 0 Å². The van der Waals surface area contributed by atoms with Crippen LogP contribution in [0.2, 0.25) is 0 Å². The molecule has 2 nitrogen and oxygen atoms in total. The number of hydrogen-bond acceptors (Lipinski definition) is 2. The first-order valence-electron chi connectivity index (χ1n) is 20.8. The topological polar surface area (TPSA) is 29.4 Å². The second-order valence-electron chi connectivity index (χ2n) is 18.3. The third kappa shape index (κ3) is 18.3. The Labute approximate surface area is 330 Å². The summed E-state index contributed by atoms with van der Waals surface area (Å²) < 4.78 is 0. The minimum absolute atomic E-state index is 0.135. The highest BCUT2D eigenvalue weighted by molar-refractivity contribution is 6.00. The fraction of sp³-hybridized carbons (Fsp3) is 0.608. The van der Waals surface area contributed by atoms with Crippen LogP contribution in [-0.4, -0.2) is 11.5 Å². The molecule has 3 rings (SSSR count). The Morgan fingerprint density at radius 1 is 0.566 bits per heavy atom. The Morgan fingerprint density at radius 2 is 1.00 bits per heavy atom. The van der Waals surface area contributed by atoms with Crippen molar-refractivity contribution in [2.45, 2.75) is 199 Å². The second-order valence-corrected chi connectivity index (χ2v) is 18.3. The molecule has 0 bridgehead atoms. The molecule has 0 fully saturated rings. The van der Waals surface area contributed by atoms with Crippen LogP contribution in [0.1, 0.15) is 201 Å². The van der Waals surface area contributed by atoms with Gasteiger partial charge in [0, 0.05) is 11.1 Å². The van der Waals surface area contributed by atoms with E-state index in [9.17, 15) is 4.79 Å². The molecule has 0 aromatic heterocycles. The van der Waals surface area contributed by atoms with E-state index >= 15 is 0 Å². The molecule has 53 heavy (non-hydrogen) atoms. The van der Waals surface area contributed by atoms with E-state index in [0.717, 1.165) is 18.6 Å². The van der Waals surface area contributed by atoms with Crippen LogP contribution < -0.4 is 0 Å². The Kier molecular flexibility index (Phi) is 22.4. The van der Waals surface area contributed by atoms with Crippen molar-refractivity contribution in [2.24, 2.45) is 10.4 Å². The number of Topliss-reactive ketones (excluding diaryl/α,β-unsaturated/α-hetero) is 1. The zero-order chi connectivity index (χ0) is 41.0. The summed E-state index contributed by atoms with van der Waals surface area (Å²) in [5.41, 5.74) is 10.3. The van der Waals surface area contributed by atoms with Crippen molar-refractivity contribution in [1.29, 1.82) is 0 Å². The molecule has 0 amide bonds. The van der Waals surface area contributed by atoms with Crippen molar-refractivity contribution in [2.75, 3.05) is 0 Å². The normalized spacial score (nSPS) is 13.0. The molecule has 0 aliphatic heterocycles. The molecule has 3 aromatic rings. The lowest BCUT2D eigenvalue weighted by Gasteiger charge is -2.43. The molecule has 0 aliphatic rings. The van der Waals surface area contributed by atoms with Gasteiger partial charge in [0.1, 0.15) is 5.78 Å². The monoisotopic (exact) mass is 726 g/mol. The number of unbranched alkanes of at least 4 members (excludes halogenated alkanes) is 4. The van der Waals surface area contributed by atoms with Gasteiger partial charge in [0.15, 0.2) is 0 Å². The molecule has 3 aromatic carbocycles. The molecule has 0 heterocycles. The molecule has 298 valence electrons. The number of carbonyl (C=O) groups is 1. The van der Waals surface area contributed by atoms with E-state index in [0.29, 0.717) is 5.41 Å². The van der Waals surface area contributed by atoms with Crippen LogP contribution in [0.5, 0.6) is 0 Å². The molecule has 0 saturated carbocycles. The zero-order valence-corrected chi connectivity index (χ0v) is 38.1. The first-order chi connectivity index (χ1) is 24.5. The van der Waals surface area contributed by atoms with Crippen LogP contribution in [-0.2, 0) is 27.6 Å². The molecule has 0 N–H and O–H groups in total. The number of aliphatic imine (C=N–C) groups is 1. The van der Waals surface area contributed by atoms with Gasteiger partial charge in [0.25, 0.3) is 0 Å². The minimum atomic E-state index is -0.438.